The Morgan fingerprint density at radius 1 is 0.339 bits per heavy atom. The lowest BCUT2D eigenvalue weighted by molar-refractivity contribution is -0.106. The molecule has 0 spiro atoms. The van der Waals surface area contributed by atoms with Gasteiger partial charge >= 0.3 is 0 Å². The number of benzene rings is 10. The van der Waals surface area contributed by atoms with Gasteiger partial charge in [-0.25, -0.2) is 0 Å². The van der Waals surface area contributed by atoms with Crippen LogP contribution in [0.3, 0.4) is 0 Å². The van der Waals surface area contributed by atoms with E-state index in [1.807, 2.05) is 24.3 Å². The van der Waals surface area contributed by atoms with Gasteiger partial charge in [0.25, 0.3) is 0 Å². The van der Waals surface area contributed by atoms with Crippen molar-refractivity contribution in [3.05, 3.63) is 206 Å². The van der Waals surface area contributed by atoms with Crippen LogP contribution in [0.2, 0.25) is 0 Å². The number of fused-ring (bicyclic) bond motifs is 7. The number of hydrogen-bond donors (Lipinski definition) is 0. The van der Waals surface area contributed by atoms with E-state index < -0.39 is 0 Å². The second kappa shape index (κ2) is 13.8. The maximum atomic E-state index is 12.9. The summed E-state index contributed by atoms with van der Waals surface area (Å²) in [6.45, 7) is 2.16. The Hall–Kier alpha value is -7.29. The molecule has 0 saturated carbocycles. The number of amides is 1. The molecule has 0 aliphatic rings. The predicted molar refractivity (Wildman–Crippen MR) is 238 cm³/mol. The molecule has 0 aliphatic carbocycles. The molecular weight excluding hydrogens is 679 g/mol. The summed E-state index contributed by atoms with van der Waals surface area (Å²) in [6, 6.07) is 70.9. The van der Waals surface area contributed by atoms with Crippen molar-refractivity contribution >= 4 is 60.9 Å². The van der Waals surface area contributed by atoms with Gasteiger partial charge in [0.15, 0.2) is 0 Å². The summed E-state index contributed by atoms with van der Waals surface area (Å²) in [5.74, 6) is 0. The summed E-state index contributed by atoms with van der Waals surface area (Å²) in [7, 11) is 0. The zero-order valence-corrected chi connectivity index (χ0v) is 31.0. The third-order valence-corrected chi connectivity index (χ3v) is 11.4. The van der Waals surface area contributed by atoms with Crippen molar-refractivity contribution < 1.29 is 4.79 Å². The molecule has 0 saturated heterocycles. The van der Waals surface area contributed by atoms with E-state index in [1.165, 1.54) is 70.9 Å². The van der Waals surface area contributed by atoms with Crippen LogP contribution in [0.5, 0.6) is 0 Å². The van der Waals surface area contributed by atoms with Gasteiger partial charge in [-0.15, -0.1) is 0 Å². The van der Waals surface area contributed by atoms with Gasteiger partial charge in [-0.2, -0.15) is 0 Å². The second-order valence-corrected chi connectivity index (χ2v) is 14.4. The SMILES string of the molecule is Cc1c(-c2ccccc2)cccc1-c1ccccc1N(C=O)c1ccc(-c2ccc(-c3ccc4c5ccccc5c5ccccc5c4c3)c3ccccc23)cc1. The molecule has 0 fully saturated rings. The van der Waals surface area contributed by atoms with Crippen molar-refractivity contribution in [3.8, 4) is 44.5 Å². The van der Waals surface area contributed by atoms with Crippen molar-refractivity contribution in [2.45, 2.75) is 6.92 Å². The highest BCUT2D eigenvalue weighted by Gasteiger charge is 2.18. The second-order valence-electron chi connectivity index (χ2n) is 14.4. The Bertz CT molecular complexity index is 3070. The lowest BCUT2D eigenvalue weighted by Crippen LogP contribution is -2.15. The third-order valence-electron chi connectivity index (χ3n) is 11.4. The van der Waals surface area contributed by atoms with Gasteiger partial charge in [0.1, 0.15) is 0 Å². The lowest BCUT2D eigenvalue weighted by atomic mass is 9.89. The molecule has 0 radical (unpaired) electrons. The van der Waals surface area contributed by atoms with Gasteiger partial charge < -0.3 is 0 Å². The molecule has 0 N–H and O–H groups in total. The molecule has 0 heterocycles. The van der Waals surface area contributed by atoms with Crippen LogP contribution in [0.4, 0.5) is 11.4 Å². The number of nitrogens with zero attached hydrogens (tertiary/aromatic N) is 1. The maximum Gasteiger partial charge on any atom is 0.218 e. The summed E-state index contributed by atoms with van der Waals surface area (Å²) in [5.41, 5.74) is 11.9. The van der Waals surface area contributed by atoms with Crippen LogP contribution >= 0.6 is 0 Å². The van der Waals surface area contributed by atoms with E-state index in [4.69, 9.17) is 0 Å². The van der Waals surface area contributed by atoms with Crippen molar-refractivity contribution in [1.29, 1.82) is 0 Å². The zero-order valence-electron chi connectivity index (χ0n) is 31.0. The van der Waals surface area contributed by atoms with E-state index in [1.54, 1.807) is 4.90 Å². The summed E-state index contributed by atoms with van der Waals surface area (Å²) < 4.78 is 0. The van der Waals surface area contributed by atoms with Crippen LogP contribution in [-0.4, -0.2) is 6.41 Å². The van der Waals surface area contributed by atoms with Crippen LogP contribution in [0, 0.1) is 6.92 Å². The quantitative estimate of drug-likeness (QED) is 0.119. The topological polar surface area (TPSA) is 20.3 Å². The molecule has 10 rings (SSSR count). The van der Waals surface area contributed by atoms with E-state index in [2.05, 4.69) is 183 Å². The lowest BCUT2D eigenvalue weighted by Gasteiger charge is -2.23. The minimum Gasteiger partial charge on any atom is -0.283 e. The average molecular weight is 716 g/mol. The minimum atomic E-state index is 0.810. The van der Waals surface area contributed by atoms with Gasteiger partial charge in [-0.3, -0.25) is 9.69 Å². The first-order valence-corrected chi connectivity index (χ1v) is 19.1. The molecule has 264 valence electrons. The van der Waals surface area contributed by atoms with E-state index in [9.17, 15) is 4.79 Å². The van der Waals surface area contributed by atoms with Crippen LogP contribution in [-0.2, 0) is 4.79 Å². The van der Waals surface area contributed by atoms with Crippen LogP contribution < -0.4 is 4.90 Å². The first-order valence-electron chi connectivity index (χ1n) is 19.1. The number of para-hydroxylation sites is 1. The van der Waals surface area contributed by atoms with Crippen molar-refractivity contribution in [3.63, 3.8) is 0 Å². The minimum absolute atomic E-state index is 0.810. The van der Waals surface area contributed by atoms with Crippen LogP contribution in [0.25, 0.3) is 87.6 Å². The fourth-order valence-corrected chi connectivity index (χ4v) is 8.71. The highest BCUT2D eigenvalue weighted by atomic mass is 16.1. The van der Waals surface area contributed by atoms with E-state index >= 15 is 0 Å². The Labute approximate surface area is 326 Å². The molecule has 2 nitrogen and oxygen atoms in total. The molecule has 0 bridgehead atoms. The van der Waals surface area contributed by atoms with Crippen LogP contribution in [0.15, 0.2) is 200 Å². The molecular formula is C54H37NO. The van der Waals surface area contributed by atoms with Gasteiger partial charge in [-0.1, -0.05) is 176 Å². The Kier molecular flexibility index (Phi) is 8.23. The fourth-order valence-electron chi connectivity index (χ4n) is 8.71. The van der Waals surface area contributed by atoms with Gasteiger partial charge in [0.2, 0.25) is 6.41 Å². The number of anilines is 2. The van der Waals surface area contributed by atoms with Gasteiger partial charge in [-0.05, 0) is 119 Å². The highest BCUT2D eigenvalue weighted by molar-refractivity contribution is 6.26. The first-order chi connectivity index (χ1) is 27.7. The molecule has 0 aromatic heterocycles. The molecule has 10 aromatic rings. The molecule has 0 atom stereocenters. The largest absolute Gasteiger partial charge is 0.283 e. The Balaban J connectivity index is 1.03. The Morgan fingerprint density at radius 3 is 1.45 bits per heavy atom. The highest BCUT2D eigenvalue weighted by Crippen LogP contribution is 2.42. The first kappa shape index (κ1) is 33.3. The van der Waals surface area contributed by atoms with Crippen molar-refractivity contribution in [2.75, 3.05) is 4.90 Å². The third kappa shape index (κ3) is 5.54. The molecule has 2 heteroatoms. The summed E-state index contributed by atoms with van der Waals surface area (Å²) in [5, 5.41) is 10.0. The van der Waals surface area contributed by atoms with Crippen molar-refractivity contribution in [1.82, 2.24) is 0 Å². The van der Waals surface area contributed by atoms with Gasteiger partial charge in [0, 0.05) is 11.3 Å². The zero-order chi connectivity index (χ0) is 37.6. The maximum absolute atomic E-state index is 12.9. The number of carbonyl (C=O) groups is 1. The van der Waals surface area contributed by atoms with E-state index in [0.717, 1.165) is 40.0 Å². The summed E-state index contributed by atoms with van der Waals surface area (Å²) in [4.78, 5) is 14.7. The number of rotatable bonds is 7. The molecule has 1 amide bonds. The van der Waals surface area contributed by atoms with E-state index in [-0.39, 0.29) is 0 Å². The molecule has 0 aliphatic heterocycles. The molecule has 0 unspecified atom stereocenters. The smallest absolute Gasteiger partial charge is 0.218 e. The van der Waals surface area contributed by atoms with Crippen molar-refractivity contribution in [2.24, 2.45) is 0 Å². The fraction of sp³-hybridized carbons (Fsp3) is 0.0185. The predicted octanol–water partition coefficient (Wildman–Crippen LogP) is 14.6. The number of hydrogen-bond acceptors (Lipinski definition) is 1. The molecule has 10 aromatic carbocycles. The number of carbonyl (C=O) groups excluding carboxylic acids is 1. The Morgan fingerprint density at radius 2 is 0.804 bits per heavy atom. The average Bonchev–Trinajstić information content (AvgIpc) is 3.27. The molecule has 56 heavy (non-hydrogen) atoms. The summed E-state index contributed by atoms with van der Waals surface area (Å²) >= 11 is 0. The standard InChI is InChI=1S/C54H37NO/c1-36-41(37-14-3-2-4-15-37)23-13-24-42(36)52-22-11-12-25-54(52)55(35-56)40-29-26-38(27-30-40)43-32-33-44(46-17-6-5-16-45(43)46)39-28-31-51-49-20-8-7-18-47(49)48-19-9-10-21-50(48)53(51)34-39/h2-35H,1H3. The summed E-state index contributed by atoms with van der Waals surface area (Å²) in [6.07, 6.45) is 0.921. The van der Waals surface area contributed by atoms with Crippen LogP contribution in [0.1, 0.15) is 5.56 Å². The van der Waals surface area contributed by atoms with E-state index in [0.29, 0.717) is 0 Å². The monoisotopic (exact) mass is 715 g/mol. The van der Waals surface area contributed by atoms with Gasteiger partial charge in [0.05, 0.1) is 5.69 Å². The normalized spacial score (nSPS) is 11.4.